The van der Waals surface area contributed by atoms with Crippen molar-refractivity contribution in [2.45, 2.75) is 52.0 Å². The van der Waals surface area contributed by atoms with E-state index in [0.29, 0.717) is 6.26 Å². The number of nitrogens with one attached hydrogen (secondary N) is 1. The van der Waals surface area contributed by atoms with Crippen molar-refractivity contribution in [2.75, 3.05) is 11.6 Å². The molecular formula is C22H26F3NO5S. The summed E-state index contributed by atoms with van der Waals surface area (Å²) in [4.78, 5) is 12.2. The summed E-state index contributed by atoms with van der Waals surface area (Å²) in [5.74, 6) is 0. The van der Waals surface area contributed by atoms with Gasteiger partial charge in [-0.3, -0.25) is 5.32 Å². The molecule has 0 aromatic heterocycles. The molecule has 1 unspecified atom stereocenters. The van der Waals surface area contributed by atoms with Crippen LogP contribution >= 0.6 is 0 Å². The highest BCUT2D eigenvalue weighted by atomic mass is 32.2. The Kier molecular flexibility index (Phi) is 7.01. The largest absolute Gasteiger partial charge is 0.444 e. The topological polar surface area (TPSA) is 81.7 Å². The first kappa shape index (κ1) is 25.7. The molecule has 0 spiro atoms. The number of carbonyl (C=O) groups is 1. The molecule has 1 atom stereocenters. The zero-order valence-electron chi connectivity index (χ0n) is 18.6. The molecule has 10 heteroatoms. The van der Waals surface area contributed by atoms with Crippen LogP contribution in [-0.4, -0.2) is 32.5 Å². The van der Waals surface area contributed by atoms with Gasteiger partial charge in [0.05, 0.1) is 6.26 Å². The summed E-state index contributed by atoms with van der Waals surface area (Å²) in [6, 6.07) is 8.82. The molecule has 0 aliphatic heterocycles. The second-order valence-corrected chi connectivity index (χ2v) is 10.0. The normalized spacial score (nSPS) is 14.5. The molecular weight excluding hydrogens is 447 g/mol. The molecule has 176 valence electrons. The van der Waals surface area contributed by atoms with Crippen molar-refractivity contribution in [1.29, 1.82) is 0 Å². The summed E-state index contributed by atoms with van der Waals surface area (Å²) in [6.45, 7) is 8.02. The maximum atomic E-state index is 14.6. The minimum absolute atomic E-state index is 0.256. The van der Waals surface area contributed by atoms with Gasteiger partial charge < -0.3 is 4.74 Å². The summed E-state index contributed by atoms with van der Waals surface area (Å²) in [6.07, 6.45) is -5.33. The van der Waals surface area contributed by atoms with Crippen LogP contribution in [0.1, 0.15) is 43.0 Å². The van der Waals surface area contributed by atoms with Gasteiger partial charge in [-0.25, -0.2) is 8.98 Å². The number of hydrogen-bond donors (Lipinski definition) is 1. The van der Waals surface area contributed by atoms with Crippen LogP contribution in [0, 0.1) is 13.8 Å². The van der Waals surface area contributed by atoms with Crippen molar-refractivity contribution in [2.24, 2.45) is 0 Å². The van der Waals surface area contributed by atoms with E-state index < -0.39 is 44.7 Å². The molecule has 2 rings (SSSR count). The maximum absolute atomic E-state index is 14.6. The van der Waals surface area contributed by atoms with Crippen LogP contribution in [0.5, 0.6) is 0 Å². The van der Waals surface area contributed by atoms with E-state index in [9.17, 15) is 26.4 Å². The third-order valence-corrected chi connectivity index (χ3v) is 4.97. The average Bonchev–Trinajstić information content (AvgIpc) is 2.60. The summed E-state index contributed by atoms with van der Waals surface area (Å²) in [7, 11) is -4.55. The molecule has 0 saturated carbocycles. The lowest BCUT2D eigenvalue weighted by Gasteiger charge is -2.36. The predicted octanol–water partition coefficient (Wildman–Crippen LogP) is 5.43. The quantitative estimate of drug-likeness (QED) is 0.586. The van der Waals surface area contributed by atoms with E-state index in [4.69, 9.17) is 8.92 Å². The van der Waals surface area contributed by atoms with Gasteiger partial charge in [-0.2, -0.15) is 21.6 Å². The van der Waals surface area contributed by atoms with Crippen LogP contribution < -0.4 is 5.32 Å². The smallest absolute Gasteiger partial charge is 0.427 e. The Morgan fingerprint density at radius 1 is 0.938 bits per heavy atom. The van der Waals surface area contributed by atoms with Crippen LogP contribution in [0.15, 0.2) is 42.5 Å². The monoisotopic (exact) mass is 473 g/mol. The number of benzene rings is 2. The zero-order chi connectivity index (χ0) is 24.5. The molecule has 2 aromatic rings. The molecule has 6 nitrogen and oxygen atoms in total. The number of halogens is 3. The van der Waals surface area contributed by atoms with Gasteiger partial charge in [0.2, 0.25) is 5.60 Å². The number of amides is 1. The standard InChI is InChI=1S/C22H26F3NO5S/c1-14-12-17(13-15(2)18(14)26-19(27)30-20(3,4)5)21(22(23,24)25,31-32(6,28)29)16-10-8-7-9-11-16/h7-13H,1-6H3,(H,26,27). The van der Waals surface area contributed by atoms with Crippen molar-refractivity contribution in [3.05, 3.63) is 64.7 Å². The minimum atomic E-state index is -5.13. The SMILES string of the molecule is Cc1cc(C(OS(C)(=O)=O)(c2ccccc2)C(F)(F)F)cc(C)c1NC(=O)OC(C)(C)C. The van der Waals surface area contributed by atoms with Gasteiger partial charge in [0, 0.05) is 5.69 Å². The van der Waals surface area contributed by atoms with Gasteiger partial charge >= 0.3 is 12.3 Å². The highest BCUT2D eigenvalue weighted by Gasteiger charge is 2.61. The van der Waals surface area contributed by atoms with Crippen molar-refractivity contribution < 1.29 is 35.3 Å². The fourth-order valence-corrected chi connectivity index (χ4v) is 4.05. The third-order valence-electron chi connectivity index (χ3n) is 4.42. The molecule has 32 heavy (non-hydrogen) atoms. The fraction of sp³-hybridized carbons (Fsp3) is 0.409. The molecule has 0 bridgehead atoms. The third kappa shape index (κ3) is 5.80. The summed E-state index contributed by atoms with van der Waals surface area (Å²) in [5, 5.41) is 2.54. The van der Waals surface area contributed by atoms with E-state index >= 15 is 0 Å². The second kappa shape index (κ2) is 8.74. The summed E-state index contributed by atoms with van der Waals surface area (Å²) in [5.41, 5.74) is -4.09. The zero-order valence-corrected chi connectivity index (χ0v) is 19.4. The van der Waals surface area contributed by atoms with Crippen LogP contribution in [0.2, 0.25) is 0 Å². The highest BCUT2D eigenvalue weighted by molar-refractivity contribution is 7.86. The van der Waals surface area contributed by atoms with Gasteiger partial charge in [0.15, 0.2) is 0 Å². The van der Waals surface area contributed by atoms with E-state index in [0.717, 1.165) is 24.3 Å². The van der Waals surface area contributed by atoms with E-state index in [1.165, 1.54) is 32.0 Å². The Hall–Kier alpha value is -2.59. The number of hydrogen-bond acceptors (Lipinski definition) is 5. The van der Waals surface area contributed by atoms with E-state index in [1.807, 2.05) is 0 Å². The van der Waals surface area contributed by atoms with Gasteiger partial charge in [0.25, 0.3) is 10.1 Å². The number of anilines is 1. The maximum Gasteiger partial charge on any atom is 0.427 e. The number of aryl methyl sites for hydroxylation is 2. The first-order valence-electron chi connectivity index (χ1n) is 9.61. The van der Waals surface area contributed by atoms with Crippen LogP contribution in [0.25, 0.3) is 0 Å². The Morgan fingerprint density at radius 2 is 1.44 bits per heavy atom. The van der Waals surface area contributed by atoms with Gasteiger partial charge in [-0.05, 0) is 56.9 Å². The summed E-state index contributed by atoms with van der Waals surface area (Å²) < 4.78 is 77.6. The van der Waals surface area contributed by atoms with Gasteiger partial charge in [-0.15, -0.1) is 0 Å². The van der Waals surface area contributed by atoms with Crippen LogP contribution in [0.3, 0.4) is 0 Å². The summed E-state index contributed by atoms with van der Waals surface area (Å²) >= 11 is 0. The molecule has 0 aliphatic carbocycles. The van der Waals surface area contributed by atoms with Crippen molar-refractivity contribution >= 4 is 21.9 Å². The highest BCUT2D eigenvalue weighted by Crippen LogP contribution is 2.49. The van der Waals surface area contributed by atoms with Gasteiger partial charge in [-0.1, -0.05) is 42.5 Å². The van der Waals surface area contributed by atoms with E-state index in [-0.39, 0.29) is 16.8 Å². The molecule has 0 radical (unpaired) electrons. The minimum Gasteiger partial charge on any atom is -0.444 e. The number of carbonyl (C=O) groups excluding carboxylic acids is 1. The predicted molar refractivity (Wildman–Crippen MR) is 115 cm³/mol. The molecule has 0 fully saturated rings. The van der Waals surface area contributed by atoms with Crippen LogP contribution in [0.4, 0.5) is 23.7 Å². The molecule has 0 saturated heterocycles. The first-order valence-corrected chi connectivity index (χ1v) is 11.4. The van der Waals surface area contributed by atoms with E-state index in [2.05, 4.69) is 5.32 Å². The number of alkyl halides is 3. The van der Waals surface area contributed by atoms with Crippen molar-refractivity contribution in [3.63, 3.8) is 0 Å². The number of rotatable bonds is 5. The molecule has 2 aromatic carbocycles. The lowest BCUT2D eigenvalue weighted by Crippen LogP contribution is -2.47. The molecule has 1 N–H and O–H groups in total. The van der Waals surface area contributed by atoms with E-state index in [1.54, 1.807) is 20.8 Å². The Morgan fingerprint density at radius 3 is 1.84 bits per heavy atom. The first-order chi connectivity index (χ1) is 14.5. The Labute approximate surface area is 185 Å². The lowest BCUT2D eigenvalue weighted by atomic mass is 9.83. The van der Waals surface area contributed by atoms with Gasteiger partial charge in [0.1, 0.15) is 5.60 Å². The Balaban J connectivity index is 2.72. The van der Waals surface area contributed by atoms with Crippen molar-refractivity contribution in [1.82, 2.24) is 0 Å². The number of ether oxygens (including phenoxy) is 1. The molecule has 0 aliphatic rings. The fourth-order valence-electron chi connectivity index (χ4n) is 3.31. The molecule has 1 amide bonds. The lowest BCUT2D eigenvalue weighted by molar-refractivity contribution is -0.236. The second-order valence-electron chi connectivity index (χ2n) is 8.44. The van der Waals surface area contributed by atoms with Crippen molar-refractivity contribution in [3.8, 4) is 0 Å². The van der Waals surface area contributed by atoms with Crippen LogP contribution in [-0.2, 0) is 24.6 Å². The molecule has 0 heterocycles. The average molecular weight is 474 g/mol. The Bertz CT molecular complexity index is 1070.